The summed E-state index contributed by atoms with van der Waals surface area (Å²) in [4.78, 5) is 15.0. The van der Waals surface area contributed by atoms with Crippen LogP contribution in [0.3, 0.4) is 0 Å². The van der Waals surface area contributed by atoms with E-state index in [2.05, 4.69) is 4.98 Å². The number of aryl methyl sites for hydroxylation is 1. The van der Waals surface area contributed by atoms with Crippen molar-refractivity contribution in [1.29, 1.82) is 0 Å². The zero-order valence-corrected chi connectivity index (χ0v) is 9.79. The van der Waals surface area contributed by atoms with Crippen molar-refractivity contribution in [2.75, 3.05) is 13.7 Å². The molecule has 0 amide bonds. The minimum atomic E-state index is -2.81. The summed E-state index contributed by atoms with van der Waals surface area (Å²) in [5, 5.41) is 0. The highest BCUT2D eigenvalue weighted by Gasteiger charge is 2.21. The first-order valence-corrected chi connectivity index (χ1v) is 5.02. The molecule has 0 fully saturated rings. The van der Waals surface area contributed by atoms with Crippen LogP contribution in [0.5, 0.6) is 5.75 Å². The molecule has 0 saturated carbocycles. The number of aromatic nitrogens is 1. The van der Waals surface area contributed by atoms with E-state index in [9.17, 15) is 13.6 Å². The van der Waals surface area contributed by atoms with Crippen molar-refractivity contribution in [1.82, 2.24) is 4.98 Å². The van der Waals surface area contributed by atoms with Crippen LogP contribution >= 0.6 is 0 Å². The fraction of sp³-hybridized carbons (Fsp3) is 0.455. The third-order valence-electron chi connectivity index (χ3n) is 2.08. The first-order valence-electron chi connectivity index (χ1n) is 5.02. The highest BCUT2D eigenvalue weighted by atomic mass is 19.3. The van der Waals surface area contributed by atoms with Crippen molar-refractivity contribution in [3.05, 3.63) is 23.0 Å². The molecule has 4 nitrogen and oxygen atoms in total. The number of hydrogen-bond acceptors (Lipinski definition) is 4. The fourth-order valence-corrected chi connectivity index (χ4v) is 1.41. The Hall–Kier alpha value is -1.72. The van der Waals surface area contributed by atoms with Gasteiger partial charge in [0.05, 0.1) is 13.7 Å². The van der Waals surface area contributed by atoms with Crippen LogP contribution in [0.25, 0.3) is 0 Å². The van der Waals surface area contributed by atoms with Gasteiger partial charge in [-0.1, -0.05) is 0 Å². The van der Waals surface area contributed by atoms with Crippen LogP contribution in [0.2, 0.25) is 0 Å². The van der Waals surface area contributed by atoms with Crippen molar-refractivity contribution in [2.24, 2.45) is 0 Å². The summed E-state index contributed by atoms with van der Waals surface area (Å²) < 4.78 is 35.0. The highest BCUT2D eigenvalue weighted by molar-refractivity contribution is 5.87. The standard InChI is InChI=1S/C11H13F2NO3/c1-4-17-11(15)7-5-6(2)9(16-3)8(14-7)10(12)13/h5,10H,4H2,1-3H3. The van der Waals surface area contributed by atoms with Crippen LogP contribution in [-0.4, -0.2) is 24.7 Å². The van der Waals surface area contributed by atoms with E-state index in [-0.39, 0.29) is 18.1 Å². The van der Waals surface area contributed by atoms with Crippen LogP contribution in [0.1, 0.15) is 35.1 Å². The molecule has 0 N–H and O–H groups in total. The van der Waals surface area contributed by atoms with E-state index in [1.807, 2.05) is 0 Å². The van der Waals surface area contributed by atoms with E-state index in [4.69, 9.17) is 9.47 Å². The van der Waals surface area contributed by atoms with E-state index < -0.39 is 18.1 Å². The van der Waals surface area contributed by atoms with Crippen molar-refractivity contribution in [3.8, 4) is 5.75 Å². The molecule has 1 aromatic rings. The van der Waals surface area contributed by atoms with E-state index >= 15 is 0 Å². The summed E-state index contributed by atoms with van der Waals surface area (Å²) in [6, 6.07) is 1.36. The summed E-state index contributed by atoms with van der Waals surface area (Å²) in [6.45, 7) is 3.35. The Morgan fingerprint density at radius 1 is 1.53 bits per heavy atom. The normalized spacial score (nSPS) is 10.5. The second-order valence-corrected chi connectivity index (χ2v) is 3.26. The molecule has 0 aromatic carbocycles. The molecule has 0 aliphatic rings. The van der Waals surface area contributed by atoms with Crippen molar-refractivity contribution < 1.29 is 23.0 Å². The van der Waals surface area contributed by atoms with Crippen molar-refractivity contribution in [2.45, 2.75) is 20.3 Å². The smallest absolute Gasteiger partial charge is 0.356 e. The van der Waals surface area contributed by atoms with Gasteiger partial charge in [-0.25, -0.2) is 18.6 Å². The van der Waals surface area contributed by atoms with Gasteiger partial charge < -0.3 is 9.47 Å². The minimum absolute atomic E-state index is 0.00644. The van der Waals surface area contributed by atoms with Gasteiger partial charge in [-0.3, -0.25) is 0 Å². The number of nitrogens with zero attached hydrogens (tertiary/aromatic N) is 1. The number of pyridine rings is 1. The molecule has 0 aliphatic heterocycles. The van der Waals surface area contributed by atoms with Crippen LogP contribution < -0.4 is 4.74 Å². The second-order valence-electron chi connectivity index (χ2n) is 3.26. The zero-order chi connectivity index (χ0) is 13.0. The van der Waals surface area contributed by atoms with Gasteiger partial charge in [0.15, 0.2) is 0 Å². The number of rotatable bonds is 4. The molecule has 1 rings (SSSR count). The van der Waals surface area contributed by atoms with Gasteiger partial charge in [0, 0.05) is 0 Å². The van der Waals surface area contributed by atoms with E-state index in [0.29, 0.717) is 5.56 Å². The third kappa shape index (κ3) is 2.89. The van der Waals surface area contributed by atoms with E-state index in [1.54, 1.807) is 13.8 Å². The van der Waals surface area contributed by atoms with E-state index in [1.165, 1.54) is 13.2 Å². The Kier molecular flexibility index (Phi) is 4.37. The van der Waals surface area contributed by atoms with Crippen LogP contribution in [-0.2, 0) is 4.74 Å². The van der Waals surface area contributed by atoms with Crippen molar-refractivity contribution >= 4 is 5.97 Å². The Labute approximate surface area is 97.6 Å². The topological polar surface area (TPSA) is 48.4 Å². The predicted octanol–water partition coefficient (Wildman–Crippen LogP) is 2.51. The molecule has 0 spiro atoms. The lowest BCUT2D eigenvalue weighted by Gasteiger charge is -2.11. The molecule has 17 heavy (non-hydrogen) atoms. The monoisotopic (exact) mass is 245 g/mol. The molecule has 0 radical (unpaired) electrons. The van der Waals surface area contributed by atoms with E-state index in [0.717, 1.165) is 0 Å². The number of esters is 1. The lowest BCUT2D eigenvalue weighted by atomic mass is 10.2. The summed E-state index contributed by atoms with van der Waals surface area (Å²) in [5.74, 6) is -0.729. The number of carbonyl (C=O) groups excluding carboxylic acids is 1. The van der Waals surface area contributed by atoms with Crippen molar-refractivity contribution in [3.63, 3.8) is 0 Å². The first kappa shape index (κ1) is 13.3. The number of carbonyl (C=O) groups is 1. The Balaban J connectivity index is 3.24. The van der Waals surface area contributed by atoms with Gasteiger partial charge in [-0.05, 0) is 25.5 Å². The molecule has 94 valence electrons. The molecule has 0 bridgehead atoms. The van der Waals surface area contributed by atoms with Gasteiger partial charge in [-0.15, -0.1) is 0 Å². The van der Waals surface area contributed by atoms with Gasteiger partial charge in [0.25, 0.3) is 6.43 Å². The summed E-state index contributed by atoms with van der Waals surface area (Å²) >= 11 is 0. The number of ether oxygens (including phenoxy) is 2. The summed E-state index contributed by atoms with van der Waals surface area (Å²) in [6.07, 6.45) is -2.81. The van der Waals surface area contributed by atoms with Gasteiger partial charge in [-0.2, -0.15) is 0 Å². The average molecular weight is 245 g/mol. The third-order valence-corrected chi connectivity index (χ3v) is 2.08. The molecule has 1 aromatic heterocycles. The summed E-state index contributed by atoms with van der Waals surface area (Å²) in [7, 11) is 1.28. The molecule has 0 atom stereocenters. The Morgan fingerprint density at radius 2 is 2.18 bits per heavy atom. The quantitative estimate of drug-likeness (QED) is 0.765. The lowest BCUT2D eigenvalue weighted by Crippen LogP contribution is -2.10. The molecule has 0 unspecified atom stereocenters. The van der Waals surface area contributed by atoms with Gasteiger partial charge >= 0.3 is 5.97 Å². The van der Waals surface area contributed by atoms with Crippen LogP contribution in [0.4, 0.5) is 8.78 Å². The van der Waals surface area contributed by atoms with Crippen LogP contribution in [0, 0.1) is 6.92 Å². The SMILES string of the molecule is CCOC(=O)c1cc(C)c(OC)c(C(F)F)n1. The molecular formula is C11H13F2NO3. The Morgan fingerprint density at radius 3 is 2.65 bits per heavy atom. The van der Waals surface area contributed by atoms with Gasteiger partial charge in [0.2, 0.25) is 0 Å². The van der Waals surface area contributed by atoms with Crippen LogP contribution in [0.15, 0.2) is 6.07 Å². The predicted molar refractivity (Wildman–Crippen MR) is 56.4 cm³/mol. The van der Waals surface area contributed by atoms with Gasteiger partial charge in [0.1, 0.15) is 17.1 Å². The lowest BCUT2D eigenvalue weighted by molar-refractivity contribution is 0.0517. The maximum absolute atomic E-state index is 12.7. The fourth-order valence-electron chi connectivity index (χ4n) is 1.41. The summed E-state index contributed by atoms with van der Waals surface area (Å²) in [5.41, 5.74) is -0.267. The first-order chi connectivity index (χ1) is 8.01. The number of alkyl halides is 2. The average Bonchev–Trinajstić information content (AvgIpc) is 2.28. The molecular weight excluding hydrogens is 232 g/mol. The molecule has 0 saturated heterocycles. The minimum Gasteiger partial charge on any atom is -0.494 e. The number of methoxy groups -OCH3 is 1. The maximum Gasteiger partial charge on any atom is 0.356 e. The number of hydrogen-bond donors (Lipinski definition) is 0. The highest BCUT2D eigenvalue weighted by Crippen LogP contribution is 2.30. The maximum atomic E-state index is 12.7. The largest absolute Gasteiger partial charge is 0.494 e. The zero-order valence-electron chi connectivity index (χ0n) is 9.79. The molecule has 0 aliphatic carbocycles. The molecule has 1 heterocycles. The number of halogens is 2. The molecule has 6 heteroatoms. The Bertz CT molecular complexity index is 421. The second kappa shape index (κ2) is 5.56.